The zero-order valence-corrected chi connectivity index (χ0v) is 11.4. The highest BCUT2D eigenvalue weighted by Gasteiger charge is 2.36. The van der Waals surface area contributed by atoms with E-state index >= 15 is 0 Å². The van der Waals surface area contributed by atoms with E-state index in [1.54, 1.807) is 0 Å². The Morgan fingerprint density at radius 1 is 1.28 bits per heavy atom. The summed E-state index contributed by atoms with van der Waals surface area (Å²) in [4.78, 5) is 1.84. The maximum Gasteiger partial charge on any atom is 0.485 e. The predicted molar refractivity (Wildman–Crippen MR) is 60.1 cm³/mol. The second-order valence-corrected chi connectivity index (χ2v) is 5.63. The van der Waals surface area contributed by atoms with Crippen molar-refractivity contribution in [3.05, 3.63) is 0 Å². The minimum atomic E-state index is -6.09. The third-order valence-corrected chi connectivity index (χ3v) is 3.68. The van der Waals surface area contributed by atoms with Crippen molar-refractivity contribution in [2.24, 2.45) is 0 Å². The Morgan fingerprint density at radius 2 is 1.78 bits per heavy atom. The Morgan fingerprint density at radius 3 is 2.06 bits per heavy atom. The minimum absolute atomic E-state index is 0.985. The van der Waals surface area contributed by atoms with Gasteiger partial charge >= 0.3 is 5.51 Å². The normalized spacial score (nSPS) is 25.2. The highest BCUT2D eigenvalue weighted by molar-refractivity contribution is 7.86. The molecule has 18 heavy (non-hydrogen) atoms. The molecular weight excluding hydrogens is 271 g/mol. The van der Waals surface area contributed by atoms with Crippen molar-refractivity contribution in [2.75, 3.05) is 13.1 Å². The molecule has 1 aliphatic heterocycles. The summed E-state index contributed by atoms with van der Waals surface area (Å²) in [7, 11) is -6.09. The first-order valence-electron chi connectivity index (χ1n) is 6.00. The number of nitrogens with one attached hydrogen (secondary N) is 1. The van der Waals surface area contributed by atoms with Crippen molar-refractivity contribution in [3.8, 4) is 0 Å². The van der Waals surface area contributed by atoms with Gasteiger partial charge in [-0.1, -0.05) is 6.92 Å². The molecule has 8 heteroatoms. The molecule has 2 atom stereocenters. The minimum Gasteiger partial charge on any atom is -0.741 e. The molecule has 0 radical (unpaired) electrons. The molecule has 110 valence electrons. The lowest BCUT2D eigenvalue weighted by atomic mass is 10.0. The van der Waals surface area contributed by atoms with Crippen LogP contribution in [0.1, 0.15) is 39.5 Å². The van der Waals surface area contributed by atoms with E-state index in [2.05, 4.69) is 13.8 Å². The fraction of sp³-hybridized carbons (Fsp3) is 1.00. The van der Waals surface area contributed by atoms with Gasteiger partial charge in [0.25, 0.3) is 0 Å². The van der Waals surface area contributed by atoms with Gasteiger partial charge in [-0.3, -0.25) is 0 Å². The second kappa shape index (κ2) is 7.30. The monoisotopic (exact) mass is 291 g/mol. The number of piperidine rings is 1. The molecule has 2 unspecified atom stereocenters. The molecule has 0 aliphatic carbocycles. The molecule has 0 aromatic carbocycles. The Bertz CT molecular complexity index is 318. The number of hydrogen-bond donors (Lipinski definition) is 1. The molecule has 1 aliphatic rings. The summed E-state index contributed by atoms with van der Waals surface area (Å²) in [5, 5.41) is 0. The van der Waals surface area contributed by atoms with Crippen LogP contribution in [0.3, 0.4) is 0 Å². The van der Waals surface area contributed by atoms with E-state index in [9.17, 15) is 13.2 Å². The van der Waals surface area contributed by atoms with E-state index in [1.165, 1.54) is 38.8 Å². The quantitative estimate of drug-likeness (QED) is 0.607. The van der Waals surface area contributed by atoms with Gasteiger partial charge in [-0.15, -0.1) is 0 Å². The van der Waals surface area contributed by atoms with Crippen LogP contribution in [-0.4, -0.2) is 37.6 Å². The van der Waals surface area contributed by atoms with Crippen molar-refractivity contribution in [2.45, 2.75) is 51.1 Å². The van der Waals surface area contributed by atoms with Gasteiger partial charge < -0.3 is 9.45 Å². The molecule has 1 heterocycles. The SMILES string of the molecule is CCC1CCCC[NH+]1CC.O=S(=O)([O-])C(F)(F)F. The average Bonchev–Trinajstić information content (AvgIpc) is 2.27. The Kier molecular flexibility index (Phi) is 7.16. The van der Waals surface area contributed by atoms with Crippen molar-refractivity contribution in [1.29, 1.82) is 0 Å². The van der Waals surface area contributed by atoms with Gasteiger partial charge in [0.15, 0.2) is 10.1 Å². The first kappa shape index (κ1) is 17.7. The van der Waals surface area contributed by atoms with E-state index in [0.717, 1.165) is 6.04 Å². The maximum absolute atomic E-state index is 10.7. The highest BCUT2D eigenvalue weighted by atomic mass is 32.2. The lowest BCUT2D eigenvalue weighted by Crippen LogP contribution is -3.16. The van der Waals surface area contributed by atoms with Gasteiger partial charge in [-0.25, -0.2) is 8.42 Å². The summed E-state index contributed by atoms with van der Waals surface area (Å²) in [5.41, 5.74) is -5.65. The van der Waals surface area contributed by atoms with Gasteiger partial charge in [0.2, 0.25) is 0 Å². The summed E-state index contributed by atoms with van der Waals surface area (Å²) in [6, 6.07) is 0.985. The first-order chi connectivity index (χ1) is 8.13. The fourth-order valence-corrected chi connectivity index (χ4v) is 2.11. The lowest BCUT2D eigenvalue weighted by molar-refractivity contribution is -0.929. The van der Waals surface area contributed by atoms with Gasteiger partial charge in [0.1, 0.15) is 0 Å². The molecule has 1 saturated heterocycles. The van der Waals surface area contributed by atoms with Crippen LogP contribution in [0.15, 0.2) is 0 Å². The molecule has 0 amide bonds. The summed E-state index contributed by atoms with van der Waals surface area (Å²) >= 11 is 0. The van der Waals surface area contributed by atoms with Gasteiger partial charge in [0.05, 0.1) is 19.1 Å². The summed E-state index contributed by atoms with van der Waals surface area (Å²) in [5.74, 6) is 0. The van der Waals surface area contributed by atoms with Gasteiger partial charge in [-0.2, -0.15) is 13.2 Å². The largest absolute Gasteiger partial charge is 0.741 e. The third-order valence-electron chi connectivity index (χ3n) is 3.11. The number of hydrogen-bond acceptors (Lipinski definition) is 3. The number of quaternary nitrogens is 1. The Labute approximate surface area is 106 Å². The smallest absolute Gasteiger partial charge is 0.485 e. The first-order valence-corrected chi connectivity index (χ1v) is 7.41. The molecule has 1 N–H and O–H groups in total. The number of alkyl halides is 3. The second-order valence-electron chi connectivity index (χ2n) is 4.26. The van der Waals surface area contributed by atoms with Crippen LogP contribution in [0.25, 0.3) is 0 Å². The molecule has 1 fully saturated rings. The molecule has 0 aromatic rings. The molecule has 0 spiro atoms. The van der Waals surface area contributed by atoms with Crippen molar-refractivity contribution in [3.63, 3.8) is 0 Å². The van der Waals surface area contributed by atoms with Gasteiger partial charge in [-0.05, 0) is 32.6 Å². The number of halogens is 3. The van der Waals surface area contributed by atoms with E-state index in [0.29, 0.717) is 0 Å². The number of rotatable bonds is 2. The van der Waals surface area contributed by atoms with Crippen molar-refractivity contribution >= 4 is 10.1 Å². The van der Waals surface area contributed by atoms with E-state index in [1.807, 2.05) is 4.90 Å². The molecular formula is C10H20F3NO3S. The fourth-order valence-electron chi connectivity index (χ4n) is 2.11. The zero-order chi connectivity index (χ0) is 14.4. The van der Waals surface area contributed by atoms with E-state index < -0.39 is 15.6 Å². The van der Waals surface area contributed by atoms with E-state index in [-0.39, 0.29) is 0 Å². The van der Waals surface area contributed by atoms with Crippen LogP contribution in [-0.2, 0) is 10.1 Å². The molecule has 4 nitrogen and oxygen atoms in total. The molecule has 1 rings (SSSR count). The summed E-state index contributed by atoms with van der Waals surface area (Å²) in [6.45, 7) is 7.39. The predicted octanol–water partition coefficient (Wildman–Crippen LogP) is 0.905. The highest BCUT2D eigenvalue weighted by Crippen LogP contribution is 2.20. The Hall–Kier alpha value is -0.340. The van der Waals surface area contributed by atoms with Crippen LogP contribution < -0.4 is 4.90 Å². The molecule has 0 bridgehead atoms. The van der Waals surface area contributed by atoms with Crippen molar-refractivity contribution in [1.82, 2.24) is 0 Å². The van der Waals surface area contributed by atoms with E-state index in [4.69, 9.17) is 13.0 Å². The van der Waals surface area contributed by atoms with Crippen molar-refractivity contribution < 1.29 is 31.0 Å². The Balaban J connectivity index is 0.000000331. The van der Waals surface area contributed by atoms with Gasteiger partial charge in [0, 0.05) is 0 Å². The average molecular weight is 291 g/mol. The van der Waals surface area contributed by atoms with Crippen LogP contribution in [0.2, 0.25) is 0 Å². The topological polar surface area (TPSA) is 61.6 Å². The standard InChI is InChI=1S/C9H19N.CHF3O3S/c1-3-9-7-5-6-8-10(9)4-2;2-1(3,4)8(5,6)7/h9H,3-8H2,1-2H3;(H,5,6,7). The maximum atomic E-state index is 10.7. The van der Waals surface area contributed by atoms with Crippen LogP contribution in [0.5, 0.6) is 0 Å². The third kappa shape index (κ3) is 6.01. The van der Waals surface area contributed by atoms with Crippen LogP contribution >= 0.6 is 0 Å². The molecule has 0 saturated carbocycles. The lowest BCUT2D eigenvalue weighted by Gasteiger charge is -2.30. The van der Waals surface area contributed by atoms with Crippen LogP contribution in [0, 0.1) is 0 Å². The zero-order valence-electron chi connectivity index (χ0n) is 10.6. The van der Waals surface area contributed by atoms with Crippen LogP contribution in [0.4, 0.5) is 13.2 Å². The number of likely N-dealkylation sites (tertiary alicyclic amines) is 1. The summed E-state index contributed by atoms with van der Waals surface area (Å²) in [6.07, 6.45) is 5.78. The molecule has 0 aromatic heterocycles. The summed E-state index contributed by atoms with van der Waals surface area (Å²) < 4.78 is 58.9.